The van der Waals surface area contributed by atoms with E-state index < -0.39 is 0 Å². The lowest BCUT2D eigenvalue weighted by Gasteiger charge is -2.17. The molecule has 16 heavy (non-hydrogen) atoms. The predicted molar refractivity (Wildman–Crippen MR) is 64.8 cm³/mol. The van der Waals surface area contributed by atoms with Gasteiger partial charge in [0.05, 0.1) is 6.04 Å². The molecule has 0 aromatic heterocycles. The van der Waals surface area contributed by atoms with Crippen LogP contribution in [0, 0.1) is 6.92 Å². The number of likely N-dealkylation sites (N-methyl/N-ethyl adjacent to an activating group) is 1. The van der Waals surface area contributed by atoms with Gasteiger partial charge in [0.2, 0.25) is 0 Å². The van der Waals surface area contributed by atoms with Crippen molar-refractivity contribution in [3.05, 3.63) is 29.8 Å². The van der Waals surface area contributed by atoms with Crippen LogP contribution in [-0.4, -0.2) is 32.2 Å². The second kappa shape index (κ2) is 4.53. The van der Waals surface area contributed by atoms with Crippen LogP contribution in [0.1, 0.15) is 5.56 Å². The minimum absolute atomic E-state index is 0.00505. The van der Waals surface area contributed by atoms with Crippen molar-refractivity contribution in [2.75, 3.05) is 25.0 Å². The quantitative estimate of drug-likeness (QED) is 0.800. The van der Waals surface area contributed by atoms with E-state index in [1.54, 1.807) is 4.90 Å². The highest BCUT2D eigenvalue weighted by atomic mass is 16.2. The Morgan fingerprint density at radius 3 is 2.94 bits per heavy atom. The zero-order valence-electron chi connectivity index (χ0n) is 9.66. The molecule has 1 atom stereocenters. The first-order valence-electron chi connectivity index (χ1n) is 5.50. The lowest BCUT2D eigenvalue weighted by atomic mass is 10.2. The first-order chi connectivity index (χ1) is 7.72. The van der Waals surface area contributed by atoms with Crippen molar-refractivity contribution in [2.24, 2.45) is 0 Å². The Morgan fingerprint density at radius 2 is 2.25 bits per heavy atom. The third-order valence-electron chi connectivity index (χ3n) is 2.83. The van der Waals surface area contributed by atoms with Crippen LogP contribution in [0.5, 0.6) is 0 Å². The molecule has 0 spiro atoms. The Labute approximate surface area is 95.6 Å². The molecule has 0 bridgehead atoms. The summed E-state index contributed by atoms with van der Waals surface area (Å²) < 4.78 is 0. The fourth-order valence-corrected chi connectivity index (χ4v) is 2.04. The summed E-state index contributed by atoms with van der Waals surface area (Å²) in [4.78, 5) is 13.6. The van der Waals surface area contributed by atoms with Crippen molar-refractivity contribution in [1.82, 2.24) is 10.6 Å². The van der Waals surface area contributed by atoms with E-state index >= 15 is 0 Å². The van der Waals surface area contributed by atoms with Gasteiger partial charge in [-0.3, -0.25) is 4.90 Å². The van der Waals surface area contributed by atoms with Gasteiger partial charge in [-0.15, -0.1) is 0 Å². The maximum atomic E-state index is 11.8. The average Bonchev–Trinajstić information content (AvgIpc) is 2.61. The van der Waals surface area contributed by atoms with Gasteiger partial charge < -0.3 is 10.6 Å². The molecule has 0 saturated carbocycles. The standard InChI is InChI=1S/C12H17N3O/c1-9-5-3-4-6-11(9)15-8-10(7-13-2)14-12(15)16/h3-6,10,13H,7-8H2,1-2H3,(H,14,16). The van der Waals surface area contributed by atoms with Crippen LogP contribution < -0.4 is 15.5 Å². The van der Waals surface area contributed by atoms with E-state index in [1.807, 2.05) is 38.2 Å². The second-order valence-corrected chi connectivity index (χ2v) is 4.10. The molecule has 86 valence electrons. The Bertz CT molecular complexity index is 392. The van der Waals surface area contributed by atoms with E-state index in [1.165, 1.54) is 0 Å². The largest absolute Gasteiger partial charge is 0.332 e. The summed E-state index contributed by atoms with van der Waals surface area (Å²) in [6, 6.07) is 8.13. The Kier molecular flexibility index (Phi) is 3.10. The number of carbonyl (C=O) groups excluding carboxylic acids is 1. The summed E-state index contributed by atoms with van der Waals surface area (Å²) in [5.41, 5.74) is 2.13. The maximum Gasteiger partial charge on any atom is 0.322 e. The fraction of sp³-hybridized carbons (Fsp3) is 0.417. The third-order valence-corrected chi connectivity index (χ3v) is 2.83. The van der Waals surface area contributed by atoms with Crippen LogP contribution >= 0.6 is 0 Å². The van der Waals surface area contributed by atoms with Crippen molar-refractivity contribution >= 4 is 11.7 Å². The third kappa shape index (κ3) is 2.02. The molecular formula is C12H17N3O. The number of nitrogens with one attached hydrogen (secondary N) is 2. The predicted octanol–water partition coefficient (Wildman–Crippen LogP) is 1.11. The molecule has 1 aromatic carbocycles. The topological polar surface area (TPSA) is 44.4 Å². The Hall–Kier alpha value is -1.55. The average molecular weight is 219 g/mol. The number of hydrogen-bond acceptors (Lipinski definition) is 2. The monoisotopic (exact) mass is 219 g/mol. The zero-order valence-corrected chi connectivity index (χ0v) is 9.66. The first kappa shape index (κ1) is 11.0. The number of urea groups is 1. The number of aryl methyl sites for hydroxylation is 1. The SMILES string of the molecule is CNCC1CN(c2ccccc2C)C(=O)N1. The minimum atomic E-state index is -0.00505. The molecule has 2 rings (SSSR count). The highest BCUT2D eigenvalue weighted by molar-refractivity contribution is 5.95. The number of carbonyl (C=O) groups is 1. The van der Waals surface area contributed by atoms with Gasteiger partial charge in [0, 0.05) is 18.8 Å². The molecule has 0 aliphatic carbocycles. The van der Waals surface area contributed by atoms with Gasteiger partial charge in [-0.2, -0.15) is 0 Å². The van der Waals surface area contributed by atoms with Crippen LogP contribution in [0.2, 0.25) is 0 Å². The molecule has 0 radical (unpaired) electrons. The maximum absolute atomic E-state index is 11.8. The summed E-state index contributed by atoms with van der Waals surface area (Å²) in [5, 5.41) is 6.03. The van der Waals surface area contributed by atoms with E-state index in [4.69, 9.17) is 0 Å². The smallest absolute Gasteiger partial charge is 0.322 e. The van der Waals surface area contributed by atoms with Crippen LogP contribution in [0.3, 0.4) is 0 Å². The molecule has 1 aliphatic heterocycles. The summed E-state index contributed by atoms with van der Waals surface area (Å²) >= 11 is 0. The van der Waals surface area contributed by atoms with Crippen molar-refractivity contribution in [3.63, 3.8) is 0 Å². The molecule has 1 fully saturated rings. The van der Waals surface area contributed by atoms with Crippen LogP contribution in [0.25, 0.3) is 0 Å². The number of rotatable bonds is 3. The molecular weight excluding hydrogens is 202 g/mol. The van der Waals surface area contributed by atoms with Crippen LogP contribution in [-0.2, 0) is 0 Å². The molecule has 1 saturated heterocycles. The highest BCUT2D eigenvalue weighted by Gasteiger charge is 2.29. The normalized spacial score (nSPS) is 20.0. The van der Waals surface area contributed by atoms with Crippen LogP contribution in [0.15, 0.2) is 24.3 Å². The number of anilines is 1. The second-order valence-electron chi connectivity index (χ2n) is 4.10. The molecule has 4 heteroatoms. The number of hydrogen-bond donors (Lipinski definition) is 2. The van der Waals surface area contributed by atoms with Crippen molar-refractivity contribution in [2.45, 2.75) is 13.0 Å². The zero-order chi connectivity index (χ0) is 11.5. The fourth-order valence-electron chi connectivity index (χ4n) is 2.04. The van der Waals surface area contributed by atoms with Crippen molar-refractivity contribution in [3.8, 4) is 0 Å². The van der Waals surface area contributed by atoms with Gasteiger partial charge in [-0.05, 0) is 25.6 Å². The van der Waals surface area contributed by atoms with E-state index in [9.17, 15) is 4.79 Å². The van der Waals surface area contributed by atoms with Gasteiger partial charge in [-0.1, -0.05) is 18.2 Å². The van der Waals surface area contributed by atoms with E-state index in [0.29, 0.717) is 0 Å². The highest BCUT2D eigenvalue weighted by Crippen LogP contribution is 2.22. The van der Waals surface area contributed by atoms with Gasteiger partial charge in [0.1, 0.15) is 0 Å². The molecule has 2 N–H and O–H groups in total. The minimum Gasteiger partial charge on any atom is -0.332 e. The lowest BCUT2D eigenvalue weighted by molar-refractivity contribution is 0.250. The molecule has 1 heterocycles. The molecule has 4 nitrogen and oxygen atoms in total. The Morgan fingerprint density at radius 1 is 1.50 bits per heavy atom. The van der Waals surface area contributed by atoms with Gasteiger partial charge in [0.15, 0.2) is 0 Å². The van der Waals surface area contributed by atoms with Gasteiger partial charge in [-0.25, -0.2) is 4.79 Å². The van der Waals surface area contributed by atoms with E-state index in [-0.39, 0.29) is 12.1 Å². The molecule has 1 unspecified atom stereocenters. The van der Waals surface area contributed by atoms with Gasteiger partial charge in [0.25, 0.3) is 0 Å². The van der Waals surface area contributed by atoms with E-state index in [2.05, 4.69) is 10.6 Å². The molecule has 2 amide bonds. The summed E-state index contributed by atoms with van der Waals surface area (Å²) in [7, 11) is 1.89. The number of nitrogens with zero attached hydrogens (tertiary/aromatic N) is 1. The Balaban J connectivity index is 2.17. The number of amides is 2. The summed E-state index contributed by atoms with van der Waals surface area (Å²) in [6.07, 6.45) is 0. The van der Waals surface area contributed by atoms with Gasteiger partial charge >= 0.3 is 6.03 Å². The molecule has 1 aromatic rings. The first-order valence-corrected chi connectivity index (χ1v) is 5.50. The van der Waals surface area contributed by atoms with E-state index in [0.717, 1.165) is 24.3 Å². The summed E-state index contributed by atoms with van der Waals surface area (Å²) in [6.45, 7) is 3.55. The lowest BCUT2D eigenvalue weighted by Crippen LogP contribution is -2.35. The van der Waals surface area contributed by atoms with Crippen LogP contribution in [0.4, 0.5) is 10.5 Å². The summed E-state index contributed by atoms with van der Waals surface area (Å²) in [5.74, 6) is 0. The van der Waals surface area contributed by atoms with Crippen molar-refractivity contribution < 1.29 is 4.79 Å². The molecule has 1 aliphatic rings. The number of benzene rings is 1. The van der Waals surface area contributed by atoms with Crippen molar-refractivity contribution in [1.29, 1.82) is 0 Å². The number of para-hydroxylation sites is 1.